The van der Waals surface area contributed by atoms with Gasteiger partial charge in [0.15, 0.2) is 0 Å². The Morgan fingerprint density at radius 3 is 2.23 bits per heavy atom. The highest BCUT2D eigenvalue weighted by atomic mass is 16.6. The molecular weight excluding hydrogens is 777 g/mol. The third kappa shape index (κ3) is 10.3. The van der Waals surface area contributed by atoms with Crippen molar-refractivity contribution in [2.24, 2.45) is 23.2 Å². The van der Waals surface area contributed by atoms with E-state index in [1.807, 2.05) is 69.3 Å². The maximum absolute atomic E-state index is 14.6. The molecular formula is C48H60N4O9. The summed E-state index contributed by atoms with van der Waals surface area (Å²) in [7, 11) is 2.87. The Morgan fingerprint density at radius 2 is 1.62 bits per heavy atom. The molecule has 13 nitrogen and oxygen atoms in total. The van der Waals surface area contributed by atoms with E-state index in [2.05, 4.69) is 22.5 Å². The van der Waals surface area contributed by atoms with Gasteiger partial charge >= 0.3 is 11.9 Å². The first-order chi connectivity index (χ1) is 28.9. The average molecular weight is 837 g/mol. The monoisotopic (exact) mass is 836 g/mol. The molecule has 0 spiro atoms. The van der Waals surface area contributed by atoms with Crippen LogP contribution in [0.2, 0.25) is 0 Å². The SMILES string of the molecule is C=CC1C[C@]1(NC(=O)[C@H]1C[C@H](Oc2cc(-c3ccccc3)nc3cc(OC)ccc23)C=C1C(=O)N[C@H](C(=O)N[C@H](C(=O)OC)C1CCCCC1)C(C)(C)C)C(=O)OC(C)(C)C. The van der Waals surface area contributed by atoms with E-state index in [1.54, 1.807) is 46.1 Å². The predicted molar refractivity (Wildman–Crippen MR) is 231 cm³/mol. The summed E-state index contributed by atoms with van der Waals surface area (Å²) in [6.45, 7) is 14.6. The molecule has 1 aromatic heterocycles. The normalized spacial score (nSPS) is 22.5. The molecule has 3 aromatic rings. The summed E-state index contributed by atoms with van der Waals surface area (Å²) in [4.78, 5) is 74.9. The zero-order chi connectivity index (χ0) is 44.3. The van der Waals surface area contributed by atoms with Crippen LogP contribution in [0.3, 0.4) is 0 Å². The van der Waals surface area contributed by atoms with Gasteiger partial charge in [0, 0.05) is 41.0 Å². The quantitative estimate of drug-likeness (QED) is 0.116. The molecule has 3 aliphatic rings. The summed E-state index contributed by atoms with van der Waals surface area (Å²) in [5.41, 5.74) is -0.806. The van der Waals surface area contributed by atoms with Gasteiger partial charge in [0.05, 0.1) is 31.3 Å². The number of rotatable bonds is 14. The van der Waals surface area contributed by atoms with Crippen molar-refractivity contribution in [3.8, 4) is 22.8 Å². The van der Waals surface area contributed by atoms with E-state index in [1.165, 1.54) is 7.11 Å². The van der Waals surface area contributed by atoms with Crippen LogP contribution in [-0.2, 0) is 33.4 Å². The van der Waals surface area contributed by atoms with Crippen LogP contribution < -0.4 is 25.4 Å². The first kappa shape index (κ1) is 44.8. The molecule has 3 N–H and O–H groups in total. The van der Waals surface area contributed by atoms with Crippen molar-refractivity contribution in [3.05, 3.63) is 78.9 Å². The van der Waals surface area contributed by atoms with Gasteiger partial charge in [-0.3, -0.25) is 14.4 Å². The fourth-order valence-corrected chi connectivity index (χ4v) is 8.40. The molecule has 6 atom stereocenters. The number of amides is 3. The highest BCUT2D eigenvalue weighted by molar-refractivity contribution is 6.04. The van der Waals surface area contributed by atoms with E-state index in [9.17, 15) is 24.0 Å². The van der Waals surface area contributed by atoms with Gasteiger partial charge in [0.25, 0.3) is 0 Å². The van der Waals surface area contributed by atoms with Crippen LogP contribution in [0.1, 0.15) is 86.5 Å². The maximum Gasteiger partial charge on any atom is 0.333 e. The number of hydrogen-bond acceptors (Lipinski definition) is 10. The Labute approximate surface area is 358 Å². The molecule has 6 rings (SSSR count). The van der Waals surface area contributed by atoms with Crippen LogP contribution in [0.15, 0.2) is 78.9 Å². The van der Waals surface area contributed by atoms with Crippen molar-refractivity contribution in [2.75, 3.05) is 14.2 Å². The lowest BCUT2D eigenvalue weighted by molar-refractivity contribution is -0.160. The Kier molecular flexibility index (Phi) is 13.3. The van der Waals surface area contributed by atoms with Gasteiger partial charge in [-0.1, -0.05) is 76.4 Å². The third-order valence-electron chi connectivity index (χ3n) is 11.8. The van der Waals surface area contributed by atoms with Crippen LogP contribution in [0, 0.1) is 23.2 Å². The topological polar surface area (TPSA) is 171 Å². The number of pyridine rings is 1. The average Bonchev–Trinajstić information content (AvgIpc) is 3.79. The number of aromatic nitrogens is 1. The number of carbonyl (C=O) groups excluding carboxylic acids is 5. The van der Waals surface area contributed by atoms with Crippen molar-refractivity contribution in [1.82, 2.24) is 20.9 Å². The number of fused-ring (bicyclic) bond motifs is 1. The zero-order valence-corrected chi connectivity index (χ0v) is 36.6. The second-order valence-electron chi connectivity index (χ2n) is 18.5. The van der Waals surface area contributed by atoms with Crippen LogP contribution in [0.4, 0.5) is 0 Å². The van der Waals surface area contributed by atoms with E-state index < -0.39 is 70.3 Å². The second kappa shape index (κ2) is 18.1. The number of hydrogen-bond donors (Lipinski definition) is 3. The summed E-state index contributed by atoms with van der Waals surface area (Å²) in [6, 6.07) is 14.9. The van der Waals surface area contributed by atoms with Crippen molar-refractivity contribution in [1.29, 1.82) is 0 Å². The lowest BCUT2D eigenvalue weighted by atomic mass is 9.82. The Hall–Kier alpha value is -5.72. The van der Waals surface area contributed by atoms with E-state index in [0.717, 1.165) is 37.7 Å². The number of ether oxygens (including phenoxy) is 4. The lowest BCUT2D eigenvalue weighted by Crippen LogP contribution is -2.58. The van der Waals surface area contributed by atoms with E-state index in [4.69, 9.17) is 23.9 Å². The minimum absolute atomic E-state index is 0.0385. The van der Waals surface area contributed by atoms with Crippen molar-refractivity contribution in [3.63, 3.8) is 0 Å². The molecule has 0 bridgehead atoms. The van der Waals surface area contributed by atoms with Crippen LogP contribution in [0.5, 0.6) is 11.5 Å². The molecule has 1 heterocycles. The van der Waals surface area contributed by atoms with Gasteiger partial charge in [0.1, 0.15) is 40.8 Å². The summed E-state index contributed by atoms with van der Waals surface area (Å²) in [5, 5.41) is 9.47. The summed E-state index contributed by atoms with van der Waals surface area (Å²) in [5.74, 6) is -3.40. The van der Waals surface area contributed by atoms with Crippen molar-refractivity contribution >= 4 is 40.6 Å². The number of nitrogens with zero attached hydrogens (tertiary/aromatic N) is 1. The van der Waals surface area contributed by atoms with Gasteiger partial charge in [0.2, 0.25) is 17.7 Å². The molecule has 1 unspecified atom stereocenters. The van der Waals surface area contributed by atoms with Crippen LogP contribution >= 0.6 is 0 Å². The van der Waals surface area contributed by atoms with Gasteiger partial charge < -0.3 is 34.9 Å². The van der Waals surface area contributed by atoms with E-state index in [0.29, 0.717) is 34.5 Å². The number of nitrogens with one attached hydrogen (secondary N) is 3. The fraction of sp³-hybridized carbons (Fsp3) is 0.500. The van der Waals surface area contributed by atoms with Crippen LogP contribution in [0.25, 0.3) is 22.2 Å². The van der Waals surface area contributed by atoms with Gasteiger partial charge in [-0.25, -0.2) is 14.6 Å². The summed E-state index contributed by atoms with van der Waals surface area (Å²) in [6.07, 6.45) is 7.22. The maximum atomic E-state index is 14.6. The van der Waals surface area contributed by atoms with E-state index in [-0.39, 0.29) is 23.8 Å². The minimum atomic E-state index is -1.35. The number of methoxy groups -OCH3 is 2. The number of esters is 2. The van der Waals surface area contributed by atoms with Crippen molar-refractivity contribution < 1.29 is 42.9 Å². The second-order valence-corrected chi connectivity index (χ2v) is 18.5. The Balaban J connectivity index is 1.34. The highest BCUT2D eigenvalue weighted by Crippen LogP contribution is 2.47. The first-order valence-electron chi connectivity index (χ1n) is 21.2. The molecule has 13 heteroatoms. The number of benzene rings is 2. The molecule has 2 fully saturated rings. The van der Waals surface area contributed by atoms with Crippen LogP contribution in [-0.4, -0.2) is 78.2 Å². The smallest absolute Gasteiger partial charge is 0.333 e. The molecule has 0 saturated heterocycles. The standard InChI is InChI=1S/C48H60N4O9/c1-10-30-27-48(30,45(57)61-47(5,6)7)52-42(54)35-24-32(60-38-26-36(28-17-13-11-14-18-28)49-37-25-31(58-8)21-22-33(37)38)23-34(35)41(53)51-40(46(2,3)4)43(55)50-39(44(56)59-9)29-19-15-12-16-20-29/h10-11,13-14,17-18,21-23,25-26,29-30,32,35,39-40H,1,12,15-16,19-20,24,27H2,2-9H3,(H,50,55)(H,51,53)(H,52,54)/t30?,32-,35+,39+,40-,48-/m1/s1. The van der Waals surface area contributed by atoms with E-state index >= 15 is 0 Å². The van der Waals surface area contributed by atoms with Crippen molar-refractivity contribution in [2.45, 2.75) is 116 Å². The fourth-order valence-electron chi connectivity index (χ4n) is 8.40. The van der Waals surface area contributed by atoms with Gasteiger partial charge in [-0.2, -0.15) is 0 Å². The molecule has 0 aliphatic heterocycles. The predicted octanol–water partition coefficient (Wildman–Crippen LogP) is 6.78. The number of carbonyl (C=O) groups is 5. The molecule has 61 heavy (non-hydrogen) atoms. The molecule has 326 valence electrons. The largest absolute Gasteiger partial charge is 0.497 e. The molecule has 2 saturated carbocycles. The molecule has 3 amide bonds. The molecule has 0 radical (unpaired) electrons. The van der Waals surface area contributed by atoms with Gasteiger partial charge in [-0.05, 0) is 69.6 Å². The summed E-state index contributed by atoms with van der Waals surface area (Å²) < 4.78 is 23.1. The van der Waals surface area contributed by atoms with Gasteiger partial charge in [-0.15, -0.1) is 6.58 Å². The summed E-state index contributed by atoms with van der Waals surface area (Å²) >= 11 is 0. The Bertz CT molecular complexity index is 2180. The molecule has 2 aromatic carbocycles. The first-order valence-corrected chi connectivity index (χ1v) is 21.2. The lowest BCUT2D eigenvalue weighted by Gasteiger charge is -2.34. The molecule has 3 aliphatic carbocycles. The zero-order valence-electron chi connectivity index (χ0n) is 36.6. The Morgan fingerprint density at radius 1 is 0.918 bits per heavy atom. The highest BCUT2D eigenvalue weighted by Gasteiger charge is 2.62. The minimum Gasteiger partial charge on any atom is -0.497 e. The third-order valence-corrected chi connectivity index (χ3v) is 11.8.